The maximum atomic E-state index is 13.5. The zero-order valence-corrected chi connectivity index (χ0v) is 26.5. The van der Waals surface area contributed by atoms with Crippen LogP contribution in [0.1, 0.15) is 66.1 Å². The molecular weight excluding hydrogens is 597 g/mol. The molecule has 1 atom stereocenters. The molecule has 1 N–H and O–H groups in total. The minimum Gasteiger partial charge on any atom is -0.463 e. The Morgan fingerprint density at radius 3 is 2.34 bits per heavy atom. The molecule has 1 unspecified atom stereocenters. The van der Waals surface area contributed by atoms with Gasteiger partial charge >= 0.3 is 5.97 Å². The van der Waals surface area contributed by atoms with Crippen molar-refractivity contribution in [1.82, 2.24) is 15.1 Å². The first-order valence-corrected chi connectivity index (χ1v) is 15.8. The Bertz CT molecular complexity index is 1550. The van der Waals surface area contributed by atoms with Crippen LogP contribution in [0.4, 0.5) is 0 Å². The number of ether oxygens (including phenoxy) is 1. The molecule has 0 aromatic heterocycles. The maximum absolute atomic E-state index is 13.5. The number of piperidine rings is 1. The Hall–Kier alpha value is -3.65. The fraction of sp³-hybridized carbons (Fsp3) is 0.343. The van der Waals surface area contributed by atoms with E-state index in [1.54, 1.807) is 43.0 Å². The third kappa shape index (κ3) is 7.52. The number of carbonyl (C=O) groups is 3. The molecule has 2 amide bonds. The zero-order valence-electron chi connectivity index (χ0n) is 25.0. The monoisotopic (exact) mass is 633 g/mol. The van der Waals surface area contributed by atoms with Gasteiger partial charge in [-0.2, -0.15) is 0 Å². The first kappa shape index (κ1) is 31.8. The van der Waals surface area contributed by atoms with Crippen LogP contribution in [0.25, 0.3) is 0 Å². The van der Waals surface area contributed by atoms with Gasteiger partial charge in [0.15, 0.2) is 0 Å². The number of rotatable bonds is 9. The lowest BCUT2D eigenvalue weighted by Gasteiger charge is -2.34. The lowest BCUT2D eigenvalue weighted by Crippen LogP contribution is -2.44. The number of amides is 2. The molecule has 44 heavy (non-hydrogen) atoms. The van der Waals surface area contributed by atoms with Gasteiger partial charge < -0.3 is 15.0 Å². The second kappa shape index (κ2) is 14.4. The van der Waals surface area contributed by atoms with E-state index in [4.69, 9.17) is 27.9 Å². The summed E-state index contributed by atoms with van der Waals surface area (Å²) in [6.07, 6.45) is 1.86. The van der Waals surface area contributed by atoms with Gasteiger partial charge in [-0.3, -0.25) is 14.5 Å². The summed E-state index contributed by atoms with van der Waals surface area (Å²) in [7, 11) is 0. The van der Waals surface area contributed by atoms with Crippen molar-refractivity contribution in [2.75, 3.05) is 19.7 Å². The van der Waals surface area contributed by atoms with Crippen molar-refractivity contribution in [1.29, 1.82) is 0 Å². The quantitative estimate of drug-likeness (QED) is 0.264. The number of halogens is 2. The summed E-state index contributed by atoms with van der Waals surface area (Å²) in [6, 6.07) is 23.0. The maximum Gasteiger partial charge on any atom is 0.336 e. The van der Waals surface area contributed by atoms with Crippen molar-refractivity contribution in [3.63, 3.8) is 0 Å². The summed E-state index contributed by atoms with van der Waals surface area (Å²) in [5, 5.41) is 3.95. The van der Waals surface area contributed by atoms with Crippen LogP contribution < -0.4 is 5.32 Å². The van der Waals surface area contributed by atoms with E-state index < -0.39 is 11.9 Å². The Balaban J connectivity index is 1.27. The molecule has 1 fully saturated rings. The lowest BCUT2D eigenvalue weighted by atomic mass is 9.83. The minimum absolute atomic E-state index is 0.0760. The molecule has 0 radical (unpaired) electrons. The molecule has 9 heteroatoms. The third-order valence-corrected chi connectivity index (χ3v) is 9.10. The van der Waals surface area contributed by atoms with Crippen LogP contribution in [0.15, 0.2) is 84.1 Å². The normalized spacial score (nSPS) is 18.0. The molecule has 3 aromatic carbocycles. The van der Waals surface area contributed by atoms with Gasteiger partial charge in [0.05, 0.1) is 28.8 Å². The minimum atomic E-state index is -0.510. The van der Waals surface area contributed by atoms with Gasteiger partial charge in [0.2, 0.25) is 5.91 Å². The van der Waals surface area contributed by atoms with Gasteiger partial charge in [-0.15, -0.1) is 0 Å². The number of nitrogens with zero attached hydrogens (tertiary/aromatic N) is 2. The van der Waals surface area contributed by atoms with Crippen LogP contribution in [0.2, 0.25) is 10.0 Å². The highest BCUT2D eigenvalue weighted by atomic mass is 35.5. The summed E-state index contributed by atoms with van der Waals surface area (Å²) < 4.78 is 5.40. The van der Waals surface area contributed by atoms with Gasteiger partial charge in [-0.25, -0.2) is 4.79 Å². The molecule has 0 saturated carbocycles. The van der Waals surface area contributed by atoms with Crippen LogP contribution >= 0.6 is 23.2 Å². The van der Waals surface area contributed by atoms with Crippen molar-refractivity contribution >= 4 is 41.0 Å². The van der Waals surface area contributed by atoms with E-state index in [1.807, 2.05) is 24.3 Å². The van der Waals surface area contributed by atoms with Gasteiger partial charge in [-0.05, 0) is 67.6 Å². The predicted molar refractivity (Wildman–Crippen MR) is 172 cm³/mol. The number of hydrogen-bond acceptors (Lipinski definition) is 5. The molecule has 2 aliphatic heterocycles. The highest BCUT2D eigenvalue weighted by Crippen LogP contribution is 2.39. The van der Waals surface area contributed by atoms with E-state index >= 15 is 0 Å². The highest BCUT2D eigenvalue weighted by molar-refractivity contribution is 6.42. The topological polar surface area (TPSA) is 79.0 Å². The number of hydrogen-bond donors (Lipinski definition) is 1. The van der Waals surface area contributed by atoms with E-state index in [1.165, 1.54) is 5.56 Å². The molecule has 5 rings (SSSR count). The van der Waals surface area contributed by atoms with E-state index in [0.29, 0.717) is 26.9 Å². The number of benzene rings is 3. The molecule has 2 heterocycles. The fourth-order valence-corrected chi connectivity index (χ4v) is 6.34. The smallest absolute Gasteiger partial charge is 0.336 e. The molecule has 0 bridgehead atoms. The number of esters is 1. The number of likely N-dealkylation sites (tertiary alicyclic amines) is 1. The standard InChI is InChI=1S/C35H37Cl2N3O4/c1-3-44-35(43)33-23(2)40(32(41)20-29(33)26-12-13-30(36)31(37)19-26)22-25-10-7-11-27(18-25)34(42)38-28-14-16-39(17-15-28)21-24-8-5-4-6-9-24/h4-13,18-19,28-29H,3,14-17,20-22H2,1-2H3,(H,38,42). The second-order valence-corrected chi connectivity index (χ2v) is 12.2. The second-order valence-electron chi connectivity index (χ2n) is 11.3. The van der Waals surface area contributed by atoms with Crippen LogP contribution in [-0.4, -0.2) is 53.3 Å². The summed E-state index contributed by atoms with van der Waals surface area (Å²) >= 11 is 12.4. The highest BCUT2D eigenvalue weighted by Gasteiger charge is 2.37. The molecule has 0 aliphatic carbocycles. The number of carbonyl (C=O) groups excluding carboxylic acids is 3. The largest absolute Gasteiger partial charge is 0.463 e. The van der Waals surface area contributed by atoms with Crippen LogP contribution in [0, 0.1) is 0 Å². The van der Waals surface area contributed by atoms with Crippen molar-refractivity contribution in [3.05, 3.63) is 116 Å². The molecule has 0 spiro atoms. The predicted octanol–water partition coefficient (Wildman–Crippen LogP) is 6.74. The Labute approximate surface area is 268 Å². The first-order valence-electron chi connectivity index (χ1n) is 15.0. The fourth-order valence-electron chi connectivity index (χ4n) is 6.03. The summed E-state index contributed by atoms with van der Waals surface area (Å²) in [5.41, 5.74) is 4.28. The van der Waals surface area contributed by atoms with E-state index in [9.17, 15) is 14.4 Å². The lowest BCUT2D eigenvalue weighted by molar-refractivity contribution is -0.140. The van der Waals surface area contributed by atoms with Crippen LogP contribution in [-0.2, 0) is 27.4 Å². The molecule has 1 saturated heterocycles. The number of nitrogens with one attached hydrogen (secondary N) is 1. The first-order chi connectivity index (χ1) is 21.2. The molecule has 3 aromatic rings. The van der Waals surface area contributed by atoms with Gasteiger partial charge in [0.25, 0.3) is 5.91 Å². The Morgan fingerprint density at radius 1 is 0.909 bits per heavy atom. The SMILES string of the molecule is CCOC(=O)C1=C(C)N(Cc2cccc(C(=O)NC3CCN(Cc4ccccc4)CC3)c2)C(=O)CC1c1ccc(Cl)c(Cl)c1. The molecule has 2 aliphatic rings. The van der Waals surface area contributed by atoms with Crippen LogP contribution in [0.5, 0.6) is 0 Å². The summed E-state index contributed by atoms with van der Waals surface area (Å²) in [6.45, 7) is 6.70. The van der Waals surface area contributed by atoms with Crippen LogP contribution in [0.3, 0.4) is 0 Å². The van der Waals surface area contributed by atoms with Gasteiger partial charge in [0.1, 0.15) is 0 Å². The molecule has 230 valence electrons. The zero-order chi connectivity index (χ0) is 31.2. The number of allylic oxidation sites excluding steroid dienone is 1. The van der Waals surface area contributed by atoms with E-state index in [0.717, 1.165) is 43.6 Å². The third-order valence-electron chi connectivity index (χ3n) is 8.37. The van der Waals surface area contributed by atoms with E-state index in [-0.39, 0.29) is 37.4 Å². The van der Waals surface area contributed by atoms with Crippen molar-refractivity contribution in [3.8, 4) is 0 Å². The summed E-state index contributed by atoms with van der Waals surface area (Å²) in [4.78, 5) is 43.9. The average molecular weight is 635 g/mol. The van der Waals surface area contributed by atoms with Gasteiger partial charge in [0, 0.05) is 49.3 Å². The van der Waals surface area contributed by atoms with Crippen molar-refractivity contribution in [2.45, 2.75) is 58.2 Å². The molecule has 7 nitrogen and oxygen atoms in total. The van der Waals surface area contributed by atoms with Crippen molar-refractivity contribution in [2.24, 2.45) is 0 Å². The van der Waals surface area contributed by atoms with E-state index in [2.05, 4.69) is 34.5 Å². The molecular formula is C35H37Cl2N3O4. The Kier molecular flexibility index (Phi) is 10.4. The summed E-state index contributed by atoms with van der Waals surface area (Å²) in [5.74, 6) is -1.24. The average Bonchev–Trinajstić information content (AvgIpc) is 3.02. The van der Waals surface area contributed by atoms with Crippen molar-refractivity contribution < 1.29 is 19.1 Å². The Morgan fingerprint density at radius 2 is 1.64 bits per heavy atom. The van der Waals surface area contributed by atoms with Gasteiger partial charge in [-0.1, -0.05) is 71.7 Å².